The second-order valence-corrected chi connectivity index (χ2v) is 13.0. The summed E-state index contributed by atoms with van der Waals surface area (Å²) in [5, 5.41) is 0. The lowest BCUT2D eigenvalue weighted by Crippen LogP contribution is -2.34. The molecule has 1 aliphatic heterocycles. The molecule has 210 valence electrons. The Morgan fingerprint density at radius 1 is 0.605 bits per heavy atom. The molecule has 6 aromatic rings. The molecule has 0 saturated carbocycles. The topological polar surface area (TPSA) is 35.0 Å². The summed E-state index contributed by atoms with van der Waals surface area (Å²) in [6.45, 7) is 6.66. The number of benzene rings is 4. The number of hydrogen-bond acceptors (Lipinski definition) is 4. The van der Waals surface area contributed by atoms with Gasteiger partial charge in [-0.2, -0.15) is 0 Å². The highest BCUT2D eigenvalue weighted by Gasteiger charge is 2.45. The van der Waals surface area contributed by atoms with Crippen LogP contribution in [-0.2, 0) is 10.8 Å². The van der Waals surface area contributed by atoms with Gasteiger partial charge in [-0.05, 0) is 88.3 Å². The van der Waals surface area contributed by atoms with Gasteiger partial charge in [-0.1, -0.05) is 99.3 Å². The van der Waals surface area contributed by atoms with Crippen LogP contribution in [0.2, 0.25) is 0 Å². The van der Waals surface area contributed by atoms with Gasteiger partial charge in [-0.3, -0.25) is 9.97 Å². The van der Waals surface area contributed by atoms with Crippen LogP contribution in [0.25, 0.3) is 11.3 Å². The lowest BCUT2D eigenvalue weighted by atomic mass is 9.66. The van der Waals surface area contributed by atoms with Gasteiger partial charge >= 0.3 is 0 Å². The van der Waals surface area contributed by atoms with Crippen molar-refractivity contribution >= 4 is 11.8 Å². The van der Waals surface area contributed by atoms with Crippen LogP contribution in [0.1, 0.15) is 48.7 Å². The molecule has 0 fully saturated rings. The van der Waals surface area contributed by atoms with Crippen molar-refractivity contribution in [2.75, 3.05) is 0 Å². The molecule has 3 heterocycles. The van der Waals surface area contributed by atoms with Crippen molar-refractivity contribution in [2.24, 2.45) is 0 Å². The van der Waals surface area contributed by atoms with Crippen LogP contribution in [-0.4, -0.2) is 9.97 Å². The smallest absolute Gasteiger partial charge is 0.128 e. The van der Waals surface area contributed by atoms with E-state index in [1.807, 2.05) is 48.4 Å². The quantitative estimate of drug-likeness (QED) is 0.204. The standard InChI is InChI=1S/C39H32N2OS/c1-38(2,3)28-21-23-40-34(26-28)27-12-10-14-30(24-27)42-31-15-11-13-29(25-31)39(37-20-8-9-22-41-37)32-16-4-6-18-35(32)43-36-19-7-5-17-33(36)39/h4-26H,1-3H3. The van der Waals surface area contributed by atoms with Gasteiger partial charge < -0.3 is 4.74 Å². The maximum absolute atomic E-state index is 6.57. The van der Waals surface area contributed by atoms with Gasteiger partial charge in [-0.15, -0.1) is 0 Å². The molecule has 0 atom stereocenters. The average molecular weight is 577 g/mol. The molecule has 7 rings (SSSR count). The normalized spacial score (nSPS) is 13.6. The van der Waals surface area contributed by atoms with E-state index in [2.05, 4.69) is 129 Å². The first-order valence-corrected chi connectivity index (χ1v) is 15.4. The summed E-state index contributed by atoms with van der Waals surface area (Å²) in [6.07, 6.45) is 3.78. The largest absolute Gasteiger partial charge is 0.457 e. The number of ether oxygens (including phenoxy) is 1. The fourth-order valence-corrected chi connectivity index (χ4v) is 7.21. The fourth-order valence-electron chi connectivity index (χ4n) is 6.02. The van der Waals surface area contributed by atoms with Gasteiger partial charge in [0.15, 0.2) is 0 Å². The van der Waals surface area contributed by atoms with Crippen molar-refractivity contribution in [3.63, 3.8) is 0 Å². The molecule has 0 bridgehead atoms. The molecular weight excluding hydrogens is 545 g/mol. The average Bonchev–Trinajstić information content (AvgIpc) is 3.04. The first-order chi connectivity index (χ1) is 20.9. The van der Waals surface area contributed by atoms with E-state index in [1.165, 1.54) is 26.5 Å². The number of hydrogen-bond donors (Lipinski definition) is 0. The predicted molar refractivity (Wildman–Crippen MR) is 175 cm³/mol. The molecule has 0 unspecified atom stereocenters. The van der Waals surface area contributed by atoms with Crippen molar-refractivity contribution in [3.8, 4) is 22.8 Å². The van der Waals surface area contributed by atoms with Gasteiger partial charge in [-0.25, -0.2) is 0 Å². The Bertz CT molecular complexity index is 1880. The van der Waals surface area contributed by atoms with Crippen LogP contribution in [0.4, 0.5) is 0 Å². The minimum Gasteiger partial charge on any atom is -0.457 e. The molecule has 0 radical (unpaired) electrons. The number of nitrogens with zero attached hydrogens (tertiary/aromatic N) is 2. The van der Waals surface area contributed by atoms with Gasteiger partial charge in [0, 0.05) is 27.7 Å². The maximum Gasteiger partial charge on any atom is 0.128 e. The highest BCUT2D eigenvalue weighted by molar-refractivity contribution is 7.99. The second kappa shape index (κ2) is 10.9. The molecule has 3 nitrogen and oxygen atoms in total. The number of rotatable bonds is 5. The van der Waals surface area contributed by atoms with Gasteiger partial charge in [0.25, 0.3) is 0 Å². The molecule has 0 saturated heterocycles. The summed E-state index contributed by atoms with van der Waals surface area (Å²) < 4.78 is 6.57. The van der Waals surface area contributed by atoms with Crippen LogP contribution in [0.3, 0.4) is 0 Å². The zero-order valence-corrected chi connectivity index (χ0v) is 25.3. The highest BCUT2D eigenvalue weighted by atomic mass is 32.2. The van der Waals surface area contributed by atoms with Crippen LogP contribution >= 0.6 is 11.8 Å². The Labute approximate surface area is 257 Å². The molecule has 2 aromatic heterocycles. The third-order valence-electron chi connectivity index (χ3n) is 8.11. The number of pyridine rings is 2. The van der Waals surface area contributed by atoms with Crippen LogP contribution in [0.5, 0.6) is 11.5 Å². The van der Waals surface area contributed by atoms with Crippen LogP contribution < -0.4 is 4.74 Å². The van der Waals surface area contributed by atoms with E-state index in [1.54, 1.807) is 0 Å². The Hall–Kier alpha value is -4.67. The number of fused-ring (bicyclic) bond motifs is 2. The summed E-state index contributed by atoms with van der Waals surface area (Å²) in [5.74, 6) is 1.54. The van der Waals surface area contributed by atoms with Crippen LogP contribution in [0.15, 0.2) is 150 Å². The molecular formula is C39H32N2OS. The zero-order chi connectivity index (χ0) is 29.4. The first-order valence-electron chi connectivity index (χ1n) is 14.6. The molecule has 0 N–H and O–H groups in total. The van der Waals surface area contributed by atoms with Crippen molar-refractivity contribution in [3.05, 3.63) is 168 Å². The van der Waals surface area contributed by atoms with E-state index in [0.29, 0.717) is 0 Å². The molecule has 1 aliphatic rings. The molecule has 4 heteroatoms. The van der Waals surface area contributed by atoms with E-state index in [9.17, 15) is 0 Å². The van der Waals surface area contributed by atoms with Crippen molar-refractivity contribution in [1.29, 1.82) is 0 Å². The van der Waals surface area contributed by atoms with Crippen molar-refractivity contribution in [2.45, 2.75) is 41.4 Å². The monoisotopic (exact) mass is 576 g/mol. The fraction of sp³-hybridized carbons (Fsp3) is 0.128. The van der Waals surface area contributed by atoms with Crippen LogP contribution in [0, 0.1) is 0 Å². The third-order valence-corrected chi connectivity index (χ3v) is 9.26. The molecule has 0 amide bonds. The Morgan fingerprint density at radius 3 is 1.98 bits per heavy atom. The molecule has 43 heavy (non-hydrogen) atoms. The van der Waals surface area contributed by atoms with E-state index in [0.717, 1.165) is 34.0 Å². The van der Waals surface area contributed by atoms with E-state index in [-0.39, 0.29) is 5.41 Å². The summed E-state index contributed by atoms with van der Waals surface area (Å²) >= 11 is 1.82. The SMILES string of the molecule is CC(C)(C)c1ccnc(-c2cccc(Oc3cccc(C4(c5ccccn5)c5ccccc5Sc5ccccc54)c3)c2)c1. The van der Waals surface area contributed by atoms with Crippen molar-refractivity contribution < 1.29 is 4.74 Å². The van der Waals surface area contributed by atoms with E-state index in [4.69, 9.17) is 9.72 Å². The second-order valence-electron chi connectivity index (χ2n) is 11.9. The summed E-state index contributed by atoms with van der Waals surface area (Å²) in [5.41, 5.74) is 7.21. The summed E-state index contributed by atoms with van der Waals surface area (Å²) in [7, 11) is 0. The molecule has 0 aliphatic carbocycles. The molecule has 0 spiro atoms. The lowest BCUT2D eigenvalue weighted by Gasteiger charge is -2.40. The summed E-state index contributed by atoms with van der Waals surface area (Å²) in [4.78, 5) is 12.1. The van der Waals surface area contributed by atoms with E-state index < -0.39 is 5.41 Å². The van der Waals surface area contributed by atoms with E-state index >= 15 is 0 Å². The molecule has 4 aromatic carbocycles. The highest BCUT2D eigenvalue weighted by Crippen LogP contribution is 2.55. The summed E-state index contributed by atoms with van der Waals surface area (Å²) in [6, 6.07) is 44.5. The Morgan fingerprint density at radius 2 is 1.28 bits per heavy atom. The lowest BCUT2D eigenvalue weighted by molar-refractivity contribution is 0.481. The zero-order valence-electron chi connectivity index (χ0n) is 24.5. The maximum atomic E-state index is 6.57. The Kier molecular flexibility index (Phi) is 6.87. The van der Waals surface area contributed by atoms with Gasteiger partial charge in [0.1, 0.15) is 11.5 Å². The minimum atomic E-state index is -0.599. The predicted octanol–water partition coefficient (Wildman–Crippen LogP) is 10.1. The van der Waals surface area contributed by atoms with Gasteiger partial charge in [0.05, 0.1) is 16.8 Å². The number of aromatic nitrogens is 2. The first kappa shape index (κ1) is 27.2. The van der Waals surface area contributed by atoms with Crippen molar-refractivity contribution in [1.82, 2.24) is 9.97 Å². The Balaban J connectivity index is 1.34. The van der Waals surface area contributed by atoms with Gasteiger partial charge in [0.2, 0.25) is 0 Å². The minimum absolute atomic E-state index is 0.0463. The third kappa shape index (κ3) is 4.92.